The van der Waals surface area contributed by atoms with Crippen molar-refractivity contribution in [1.82, 2.24) is 0 Å². The summed E-state index contributed by atoms with van der Waals surface area (Å²) < 4.78 is 5.61. The first-order chi connectivity index (χ1) is 10.1. The van der Waals surface area contributed by atoms with Gasteiger partial charge in [0.05, 0.1) is 14.5 Å². The van der Waals surface area contributed by atoms with Gasteiger partial charge in [-0.15, -0.1) is 6.58 Å². The monoisotopic (exact) mass is 334 g/mol. The maximum absolute atomic E-state index is 12.2. The topological polar surface area (TPSA) is 26.3 Å². The summed E-state index contributed by atoms with van der Waals surface area (Å²) in [6.07, 6.45) is 2.38. The average molecular weight is 335 g/mol. The minimum atomic E-state index is -1.82. The highest BCUT2D eigenvalue weighted by atomic mass is 28.4. The molecule has 0 fully saturated rings. The van der Waals surface area contributed by atoms with Crippen LogP contribution in [-0.4, -0.2) is 22.4 Å². The molecule has 0 saturated carbocycles. The van der Waals surface area contributed by atoms with E-state index < -0.39 is 16.4 Å². The lowest BCUT2D eigenvalue weighted by molar-refractivity contribution is -0.135. The molecule has 0 aliphatic heterocycles. The highest BCUT2D eigenvalue weighted by Crippen LogP contribution is 2.33. The van der Waals surface area contributed by atoms with Crippen LogP contribution in [-0.2, 0) is 9.22 Å². The van der Waals surface area contributed by atoms with E-state index in [4.69, 9.17) is 4.43 Å². The Balaban J connectivity index is 2.86. The van der Waals surface area contributed by atoms with Crippen molar-refractivity contribution in [1.29, 1.82) is 0 Å². The van der Waals surface area contributed by atoms with Gasteiger partial charge in [-0.2, -0.15) is 0 Å². The van der Waals surface area contributed by atoms with Crippen molar-refractivity contribution in [2.24, 2.45) is 5.92 Å². The Hall–Kier alpha value is -1.14. The van der Waals surface area contributed by atoms with E-state index in [1.165, 1.54) is 5.19 Å². The Labute approximate surface area is 137 Å². The Kier molecular flexibility index (Phi) is 6.38. The summed E-state index contributed by atoms with van der Waals surface area (Å²) in [6.45, 7) is 17.1. The van der Waals surface area contributed by atoms with Crippen LogP contribution in [0.4, 0.5) is 0 Å². The molecule has 2 atom stereocenters. The molecule has 1 rings (SSSR count). The molecule has 0 radical (unpaired) electrons. The van der Waals surface area contributed by atoms with Gasteiger partial charge < -0.3 is 4.43 Å². The van der Waals surface area contributed by atoms with Gasteiger partial charge in [0.15, 0.2) is 0 Å². The molecule has 4 heteroatoms. The first-order valence-corrected chi connectivity index (χ1v) is 14.5. The van der Waals surface area contributed by atoms with Crippen molar-refractivity contribution in [2.75, 3.05) is 0 Å². The molecule has 0 aliphatic rings. The second-order valence-electron chi connectivity index (χ2n) is 7.57. The molecule has 22 heavy (non-hydrogen) atoms. The molecule has 2 nitrogen and oxygen atoms in total. The Morgan fingerprint density at radius 1 is 1.18 bits per heavy atom. The molecule has 0 unspecified atom stereocenters. The first kappa shape index (κ1) is 18.9. The maximum Gasteiger partial charge on any atom is 0.293 e. The summed E-state index contributed by atoms with van der Waals surface area (Å²) in [7, 11) is -3.48. The molecule has 1 aromatic carbocycles. The highest BCUT2D eigenvalue weighted by molar-refractivity contribution is 6.91. The molecule has 0 N–H and O–H groups in total. The van der Waals surface area contributed by atoms with Crippen molar-refractivity contribution in [3.8, 4) is 0 Å². The Morgan fingerprint density at radius 3 is 2.18 bits per heavy atom. The summed E-state index contributed by atoms with van der Waals surface area (Å²) in [5, 5.41) is 1.42. The zero-order valence-corrected chi connectivity index (χ0v) is 16.8. The first-order valence-electron chi connectivity index (χ1n) is 7.98. The fourth-order valence-electron chi connectivity index (χ4n) is 2.71. The normalized spacial score (nSPS) is 15.0. The van der Waals surface area contributed by atoms with Gasteiger partial charge in [0.1, 0.15) is 0 Å². The van der Waals surface area contributed by atoms with Gasteiger partial charge in [-0.1, -0.05) is 61.6 Å². The van der Waals surface area contributed by atoms with E-state index >= 15 is 0 Å². The molecular formula is C18H30O2Si2. The van der Waals surface area contributed by atoms with E-state index in [2.05, 4.69) is 56.9 Å². The minimum Gasteiger partial charge on any atom is -0.520 e. The molecule has 0 aliphatic carbocycles. The average Bonchev–Trinajstić information content (AvgIpc) is 2.43. The van der Waals surface area contributed by atoms with Crippen LogP contribution in [0.5, 0.6) is 0 Å². The fourth-order valence-corrected chi connectivity index (χ4v) is 6.37. The number of carbonyl (C=O) groups excluding carboxylic acids is 1. The molecule has 0 bridgehead atoms. The summed E-state index contributed by atoms with van der Waals surface area (Å²) in [5.74, 6) is 0.0968. The zero-order valence-electron chi connectivity index (χ0n) is 14.8. The van der Waals surface area contributed by atoms with Gasteiger partial charge in [-0.25, -0.2) is 0 Å². The summed E-state index contributed by atoms with van der Waals surface area (Å²) in [4.78, 5) is 12.2. The summed E-state index contributed by atoms with van der Waals surface area (Å²) >= 11 is 0. The fraction of sp³-hybridized carbons (Fsp3) is 0.500. The second-order valence-corrected chi connectivity index (χ2v) is 16.9. The van der Waals surface area contributed by atoms with Crippen molar-refractivity contribution in [3.05, 3.63) is 43.0 Å². The van der Waals surface area contributed by atoms with Gasteiger partial charge >= 0.3 is 0 Å². The largest absolute Gasteiger partial charge is 0.520 e. The van der Waals surface area contributed by atoms with Crippen LogP contribution < -0.4 is 5.19 Å². The molecule has 122 valence electrons. The van der Waals surface area contributed by atoms with Gasteiger partial charge in [0, 0.05) is 0 Å². The molecule has 0 amide bonds. The Bertz CT molecular complexity index is 504. The molecule has 1 aromatic rings. The highest BCUT2D eigenvalue weighted by Gasteiger charge is 2.36. The predicted octanol–water partition coefficient (Wildman–Crippen LogP) is 4.56. The molecular weight excluding hydrogens is 304 g/mol. The SMILES string of the molecule is C=C[C@@H](CC(=O)O[Si](C)(C)C)[C@H](C)[Si](C)(C)c1ccccc1. The van der Waals surface area contributed by atoms with Crippen LogP contribution in [0.25, 0.3) is 0 Å². The van der Waals surface area contributed by atoms with E-state index in [0.29, 0.717) is 12.0 Å². The van der Waals surface area contributed by atoms with E-state index in [0.717, 1.165) is 0 Å². The van der Waals surface area contributed by atoms with Gasteiger partial charge in [0.2, 0.25) is 8.32 Å². The summed E-state index contributed by atoms with van der Waals surface area (Å²) in [5.41, 5.74) is 0.432. The maximum atomic E-state index is 12.2. The lowest BCUT2D eigenvalue weighted by Crippen LogP contribution is -2.47. The van der Waals surface area contributed by atoms with Crippen LogP contribution in [0.2, 0.25) is 38.3 Å². The smallest absolute Gasteiger partial charge is 0.293 e. The van der Waals surface area contributed by atoms with Crippen LogP contribution in [0.3, 0.4) is 0 Å². The van der Waals surface area contributed by atoms with Crippen molar-refractivity contribution in [3.63, 3.8) is 0 Å². The van der Waals surface area contributed by atoms with Crippen LogP contribution >= 0.6 is 0 Å². The number of benzene rings is 1. The third kappa shape index (κ3) is 5.25. The quantitative estimate of drug-likeness (QED) is 0.539. The predicted molar refractivity (Wildman–Crippen MR) is 101 cm³/mol. The van der Waals surface area contributed by atoms with E-state index in [1.54, 1.807) is 0 Å². The molecule has 0 aromatic heterocycles. The number of hydrogen-bond donors (Lipinski definition) is 0. The lowest BCUT2D eigenvalue weighted by atomic mass is 10.0. The third-order valence-corrected chi connectivity index (χ3v) is 9.79. The lowest BCUT2D eigenvalue weighted by Gasteiger charge is -2.35. The summed E-state index contributed by atoms with van der Waals surface area (Å²) in [6, 6.07) is 10.7. The second kappa shape index (κ2) is 7.42. The van der Waals surface area contributed by atoms with Gasteiger partial charge in [0.25, 0.3) is 5.97 Å². The molecule has 0 saturated heterocycles. The van der Waals surface area contributed by atoms with E-state index in [9.17, 15) is 4.79 Å². The number of hydrogen-bond acceptors (Lipinski definition) is 2. The standard InChI is InChI=1S/C18H30O2Si2/c1-8-16(14-18(19)20-21(3,4)5)15(2)22(6,7)17-12-10-9-11-13-17/h8-13,15-16H,1,14H2,2-7H3/t15-,16-/m0/s1. The number of rotatable bonds is 7. The Morgan fingerprint density at radius 2 is 1.73 bits per heavy atom. The van der Waals surface area contributed by atoms with E-state index in [1.807, 2.05) is 25.7 Å². The van der Waals surface area contributed by atoms with Gasteiger partial charge in [-0.3, -0.25) is 4.79 Å². The van der Waals surface area contributed by atoms with Crippen LogP contribution in [0.15, 0.2) is 43.0 Å². The van der Waals surface area contributed by atoms with Crippen LogP contribution in [0, 0.1) is 5.92 Å². The zero-order chi connectivity index (χ0) is 17.0. The van der Waals surface area contributed by atoms with E-state index in [-0.39, 0.29) is 11.9 Å². The molecule has 0 heterocycles. The van der Waals surface area contributed by atoms with Crippen molar-refractivity contribution < 1.29 is 9.22 Å². The van der Waals surface area contributed by atoms with Gasteiger partial charge in [-0.05, 0) is 31.1 Å². The minimum absolute atomic E-state index is 0.0752. The third-order valence-electron chi connectivity index (χ3n) is 4.42. The molecule has 0 spiro atoms. The van der Waals surface area contributed by atoms with Crippen LogP contribution in [0.1, 0.15) is 13.3 Å². The number of carbonyl (C=O) groups is 1. The van der Waals surface area contributed by atoms with Crippen molar-refractivity contribution in [2.45, 2.75) is 51.6 Å². The van der Waals surface area contributed by atoms with Crippen molar-refractivity contribution >= 4 is 27.5 Å². The number of allylic oxidation sites excluding steroid dienone is 1.